The van der Waals surface area contributed by atoms with E-state index in [0.29, 0.717) is 61.1 Å². The van der Waals surface area contributed by atoms with Gasteiger partial charge in [0.15, 0.2) is 5.71 Å². The van der Waals surface area contributed by atoms with E-state index < -0.39 is 36.3 Å². The van der Waals surface area contributed by atoms with Crippen molar-refractivity contribution in [3.05, 3.63) is 132 Å². The van der Waals surface area contributed by atoms with Crippen molar-refractivity contribution in [1.82, 2.24) is 0 Å². The van der Waals surface area contributed by atoms with Gasteiger partial charge in [-0.1, -0.05) is 86.7 Å². The van der Waals surface area contributed by atoms with Crippen molar-refractivity contribution in [2.45, 2.75) is 74.0 Å². The second-order valence-electron chi connectivity index (χ2n) is 16.0. The first-order valence-corrected chi connectivity index (χ1v) is 24.7. The van der Waals surface area contributed by atoms with Gasteiger partial charge in [-0.2, -0.15) is 13.2 Å². The van der Waals surface area contributed by atoms with Crippen LogP contribution in [-0.4, -0.2) is 60.8 Å². The van der Waals surface area contributed by atoms with Gasteiger partial charge < -0.3 is 24.5 Å². The van der Waals surface area contributed by atoms with E-state index in [9.17, 15) is 36.5 Å². The third-order valence-corrected chi connectivity index (χ3v) is 14.0. The van der Waals surface area contributed by atoms with Gasteiger partial charge in [0, 0.05) is 81.3 Å². The molecule has 0 unspecified atom stereocenters. The standard InChI is InChI=1S/C45H50N2O12S4.3Na/c1-44(2)36-23-21-33(32-17-9-8-10-18-32)30-38(36)47(26-14-16-28-62(50,51)52)40(44)19-11-6-5-7-12-20-41-45(3,4)43-37(46(41)25-13-15-27-60-58-56-48)24-22-34-29-35(61-59-57-49)31-39(42(34)43)63(53,54)55;;;/h5-12,17-24,29-31H,13-16,25-28H2,1-4H3,(H3-,48,49,50,51,52,53,54,55);;;/q;3*+1/p-3. The van der Waals surface area contributed by atoms with Crippen LogP contribution in [0.5, 0.6) is 0 Å². The summed E-state index contributed by atoms with van der Waals surface area (Å²) in [5.41, 5.74) is 6.39. The van der Waals surface area contributed by atoms with Gasteiger partial charge in [0.2, 0.25) is 5.69 Å². The molecule has 14 nitrogen and oxygen atoms in total. The first-order valence-electron chi connectivity index (χ1n) is 20.1. The number of nitrogens with zero attached hydrogens (tertiary/aromatic N) is 2. The summed E-state index contributed by atoms with van der Waals surface area (Å²) >= 11 is 1.39. The Labute approximate surface area is 462 Å². The molecule has 0 atom stereocenters. The molecule has 4 aromatic rings. The minimum absolute atomic E-state index is 0. The molecule has 0 aromatic heterocycles. The van der Waals surface area contributed by atoms with Crippen LogP contribution in [0.25, 0.3) is 21.9 Å². The zero-order chi connectivity index (χ0) is 45.4. The number of hydrogen-bond acceptors (Lipinski definition) is 15. The molecule has 0 saturated carbocycles. The van der Waals surface area contributed by atoms with Crippen molar-refractivity contribution in [1.29, 1.82) is 0 Å². The molecule has 0 saturated heterocycles. The van der Waals surface area contributed by atoms with Crippen molar-refractivity contribution in [3.63, 3.8) is 0 Å². The Morgan fingerprint density at radius 1 is 0.742 bits per heavy atom. The van der Waals surface area contributed by atoms with Crippen molar-refractivity contribution in [3.8, 4) is 11.1 Å². The van der Waals surface area contributed by atoms with Crippen LogP contribution in [0, 0.1) is 0 Å². The van der Waals surface area contributed by atoms with Crippen molar-refractivity contribution >= 4 is 72.2 Å². The van der Waals surface area contributed by atoms with Crippen LogP contribution < -0.4 is 104 Å². The zero-order valence-corrected chi connectivity index (χ0v) is 47.3. The predicted molar refractivity (Wildman–Crippen MR) is 238 cm³/mol. The number of anilines is 1. The number of allylic oxidation sites excluding steroid dienone is 8. The van der Waals surface area contributed by atoms with Gasteiger partial charge in [-0.25, -0.2) is 16.8 Å². The molecule has 0 aliphatic carbocycles. The Bertz CT molecular complexity index is 2690. The molecule has 2 heterocycles. The molecule has 0 spiro atoms. The normalized spacial score (nSPS) is 16.0. The largest absolute Gasteiger partial charge is 1.00 e. The smallest absolute Gasteiger partial charge is 0.748 e. The van der Waals surface area contributed by atoms with Gasteiger partial charge >= 0.3 is 88.7 Å². The fraction of sp³-hybridized carbons (Fsp3) is 0.311. The van der Waals surface area contributed by atoms with Crippen LogP contribution in [0.1, 0.15) is 64.5 Å². The summed E-state index contributed by atoms with van der Waals surface area (Å²) in [7, 11) is -9.32. The molecule has 0 bridgehead atoms. The van der Waals surface area contributed by atoms with Crippen molar-refractivity contribution < 1.29 is 148 Å². The number of benzene rings is 4. The monoisotopic (exact) mass is 1000 g/mol. The molecule has 66 heavy (non-hydrogen) atoms. The number of rotatable bonds is 21. The van der Waals surface area contributed by atoms with Gasteiger partial charge in [0.05, 0.1) is 32.5 Å². The summed E-state index contributed by atoms with van der Waals surface area (Å²) in [6.45, 7) is 9.28. The van der Waals surface area contributed by atoms with E-state index in [1.165, 1.54) is 6.07 Å². The summed E-state index contributed by atoms with van der Waals surface area (Å²) in [6.07, 6.45) is 15.6. The van der Waals surface area contributed by atoms with Crippen LogP contribution in [0.15, 0.2) is 131 Å². The van der Waals surface area contributed by atoms with E-state index in [1.54, 1.807) is 12.1 Å². The van der Waals surface area contributed by atoms with E-state index in [0.717, 1.165) is 51.5 Å². The predicted octanol–water partition coefficient (Wildman–Crippen LogP) is -1.64. The van der Waals surface area contributed by atoms with E-state index in [1.807, 2.05) is 74.6 Å². The maximum Gasteiger partial charge on any atom is 1.00 e. The van der Waals surface area contributed by atoms with E-state index in [-0.39, 0.29) is 111 Å². The maximum absolute atomic E-state index is 12.8. The number of fused-ring (bicyclic) bond motifs is 4. The Morgan fingerprint density at radius 3 is 2.12 bits per heavy atom. The third-order valence-electron chi connectivity index (χ3n) is 11.2. The minimum atomic E-state index is -5.00. The van der Waals surface area contributed by atoms with Crippen LogP contribution in [-0.2, 0) is 49.8 Å². The first kappa shape index (κ1) is 59.2. The van der Waals surface area contributed by atoms with Gasteiger partial charge in [-0.3, -0.25) is 10.1 Å². The molecule has 0 fully saturated rings. The van der Waals surface area contributed by atoms with Crippen LogP contribution in [0.4, 0.5) is 11.4 Å². The molecular weight excluding hydrogens is 958 g/mol. The fourth-order valence-corrected chi connectivity index (χ4v) is 10.7. The molecule has 0 amide bonds. The fourth-order valence-electron chi connectivity index (χ4n) is 8.44. The molecule has 336 valence electrons. The maximum atomic E-state index is 12.8. The average Bonchev–Trinajstić information content (AvgIpc) is 3.59. The molecule has 2 aliphatic rings. The summed E-state index contributed by atoms with van der Waals surface area (Å²) in [5.74, 6) is 0.0822. The second kappa shape index (κ2) is 26.3. The summed E-state index contributed by atoms with van der Waals surface area (Å²) in [6, 6.07) is 22.9. The van der Waals surface area contributed by atoms with Gasteiger partial charge in [-0.05, 0) is 85.5 Å². The summed E-state index contributed by atoms with van der Waals surface area (Å²) < 4.78 is 83.3. The second-order valence-corrected chi connectivity index (χ2v) is 20.4. The molecule has 6 rings (SSSR count). The third kappa shape index (κ3) is 14.5. The van der Waals surface area contributed by atoms with Crippen LogP contribution in [0.3, 0.4) is 0 Å². The topological polar surface area (TPSA) is 204 Å². The van der Waals surface area contributed by atoms with Crippen LogP contribution in [0.2, 0.25) is 0 Å². The van der Waals surface area contributed by atoms with E-state index in [2.05, 4.69) is 78.5 Å². The number of unbranched alkanes of at least 4 members (excludes halogenated alkanes) is 2. The summed E-state index contributed by atoms with van der Waals surface area (Å²) in [5, 5.41) is 28.4. The first-order chi connectivity index (χ1) is 30.0. The molecule has 0 radical (unpaired) electrons. The molecule has 2 aliphatic heterocycles. The molecule has 21 heteroatoms. The quantitative estimate of drug-likeness (QED) is 0.0134. The van der Waals surface area contributed by atoms with Gasteiger partial charge in [0.25, 0.3) is 0 Å². The Hall–Kier alpha value is -1.15. The van der Waals surface area contributed by atoms with Crippen molar-refractivity contribution in [2.75, 3.05) is 29.5 Å². The zero-order valence-electron chi connectivity index (χ0n) is 38.1. The van der Waals surface area contributed by atoms with Gasteiger partial charge in [0.1, 0.15) is 16.7 Å². The van der Waals surface area contributed by atoms with Gasteiger partial charge in [-0.15, -0.1) is 0 Å². The SMILES string of the molecule is CC1(C)C(/C=C/C=C/C=C/C=C2/N(CCCCS(=O)(=O)[O-])c3cc(-c4ccccc4)ccc3C2(C)C)=[N+](CCCCSOO[O-])c2ccc3cc(SOO[O-])cc(S(=O)(=O)[O-])c3c21.[Na+].[Na+].[Na+]. The average molecular weight is 1010 g/mol. The van der Waals surface area contributed by atoms with E-state index in [4.69, 9.17) is 0 Å². The number of hydrogen-bond donors (Lipinski definition) is 0. The molecule has 0 N–H and O–H groups in total. The molecule has 4 aromatic carbocycles. The summed E-state index contributed by atoms with van der Waals surface area (Å²) in [4.78, 5) is 1.96. The van der Waals surface area contributed by atoms with Crippen molar-refractivity contribution in [2.24, 2.45) is 0 Å². The Kier molecular flexibility index (Phi) is 23.6. The minimum Gasteiger partial charge on any atom is -0.748 e. The van der Waals surface area contributed by atoms with E-state index >= 15 is 0 Å². The molecular formula is C45H47N2Na3O12S4. The Balaban J connectivity index is 0.00000385. The Morgan fingerprint density at radius 2 is 1.44 bits per heavy atom. The van der Waals surface area contributed by atoms with Crippen LogP contribution >= 0.6 is 24.1 Å².